The molecule has 0 aromatic heterocycles. The summed E-state index contributed by atoms with van der Waals surface area (Å²) in [5.74, 6) is -2.11. The number of hydrogen-bond acceptors (Lipinski definition) is 8. The van der Waals surface area contributed by atoms with Crippen molar-refractivity contribution in [2.45, 2.75) is 129 Å². The van der Waals surface area contributed by atoms with Crippen molar-refractivity contribution in [3.05, 3.63) is 58.7 Å². The number of fused-ring (bicyclic) bond motifs is 2. The first-order valence-electron chi connectivity index (χ1n) is 16.8. The third kappa shape index (κ3) is 6.97. The number of methoxy groups -OCH3 is 1. The Morgan fingerprint density at radius 1 is 1.16 bits per heavy atom. The first-order chi connectivity index (χ1) is 21.3. The summed E-state index contributed by atoms with van der Waals surface area (Å²) in [4.78, 5) is 14.2. The monoisotopic (exact) mass is 626 g/mol. The third-order valence-corrected chi connectivity index (χ3v) is 10.3. The number of carbonyl (C=O) groups excluding carboxylic acids is 1. The molecule has 3 fully saturated rings. The van der Waals surface area contributed by atoms with E-state index >= 15 is 0 Å². The van der Waals surface area contributed by atoms with E-state index in [2.05, 4.69) is 45.9 Å². The zero-order valence-corrected chi connectivity index (χ0v) is 28.3. The molecule has 8 heteroatoms. The maximum Gasteiger partial charge on any atom is 0.316 e. The molecule has 0 radical (unpaired) electrons. The van der Waals surface area contributed by atoms with Crippen LogP contribution in [-0.4, -0.2) is 77.9 Å². The van der Waals surface area contributed by atoms with Crippen LogP contribution < -0.4 is 0 Å². The molecule has 2 bridgehead atoms. The van der Waals surface area contributed by atoms with Crippen LogP contribution in [0.5, 0.6) is 0 Å². The Morgan fingerprint density at radius 3 is 2.62 bits per heavy atom. The summed E-state index contributed by atoms with van der Waals surface area (Å²) in [5, 5.41) is 23.7. The molecule has 5 aliphatic rings. The molecule has 1 aliphatic carbocycles. The van der Waals surface area contributed by atoms with Crippen molar-refractivity contribution in [1.82, 2.24) is 0 Å². The van der Waals surface area contributed by atoms with Crippen molar-refractivity contribution in [2.75, 3.05) is 13.7 Å². The van der Waals surface area contributed by atoms with E-state index in [1.54, 1.807) is 13.2 Å². The largest absolute Gasteiger partial charge is 0.462 e. The minimum Gasteiger partial charge on any atom is -0.462 e. The maximum absolute atomic E-state index is 14.2. The summed E-state index contributed by atoms with van der Waals surface area (Å²) in [6.07, 6.45) is 11.7. The van der Waals surface area contributed by atoms with E-state index in [9.17, 15) is 15.0 Å². The van der Waals surface area contributed by atoms with Gasteiger partial charge in [-0.15, -0.1) is 0 Å². The summed E-state index contributed by atoms with van der Waals surface area (Å²) in [5.41, 5.74) is 2.14. The van der Waals surface area contributed by atoms with Crippen molar-refractivity contribution in [2.24, 2.45) is 23.7 Å². The minimum absolute atomic E-state index is 0.110. The molecule has 11 unspecified atom stereocenters. The van der Waals surface area contributed by atoms with E-state index in [1.807, 2.05) is 32.9 Å². The SMILES string of the molecule is COC1C(C)=CC2C(=O)OC3CC(CC=C(C)CC(C)/C=C/C=C4COC1C42O)OC1(C3)CC(O)C(C)C(C(C)=CC(C)C)O1. The van der Waals surface area contributed by atoms with Gasteiger partial charge in [-0.05, 0) is 62.2 Å². The van der Waals surface area contributed by atoms with Gasteiger partial charge >= 0.3 is 5.97 Å². The Hall–Kier alpha value is -2.07. The standard InChI is InChI=1S/C37H54O8/c1-21(2)14-24(5)32-26(7)31(38)19-36(45-32)18-29-17-28(44-36)13-12-23(4)15-22(3)10-9-11-27-20-42-34-33(41-8)25(6)16-30(35(39)43-29)37(27,34)40/h9-12,14,16,21-22,26,28-34,38,40H,13,15,17-20H2,1-8H3/b10-9+,23-12?,24-14?,27-11?. The second kappa shape index (κ2) is 13.6. The molecule has 4 aliphatic heterocycles. The fourth-order valence-electron chi connectivity index (χ4n) is 8.14. The van der Waals surface area contributed by atoms with Gasteiger partial charge in [-0.3, -0.25) is 4.79 Å². The molecule has 3 saturated heterocycles. The number of aliphatic hydroxyl groups is 2. The van der Waals surface area contributed by atoms with Crippen molar-refractivity contribution in [3.63, 3.8) is 0 Å². The Labute approximate surface area is 269 Å². The van der Waals surface area contributed by atoms with Crippen molar-refractivity contribution < 1.29 is 38.7 Å². The zero-order chi connectivity index (χ0) is 32.7. The molecule has 8 nitrogen and oxygen atoms in total. The predicted molar refractivity (Wildman–Crippen MR) is 172 cm³/mol. The van der Waals surface area contributed by atoms with Gasteiger partial charge in [-0.1, -0.05) is 69.7 Å². The summed E-state index contributed by atoms with van der Waals surface area (Å²) in [6.45, 7) is 14.7. The van der Waals surface area contributed by atoms with E-state index in [0.29, 0.717) is 37.2 Å². The highest BCUT2D eigenvalue weighted by molar-refractivity contribution is 5.78. The summed E-state index contributed by atoms with van der Waals surface area (Å²) in [6, 6.07) is 0. The van der Waals surface area contributed by atoms with Gasteiger partial charge in [0.05, 0.1) is 24.9 Å². The molecule has 0 saturated carbocycles. The van der Waals surface area contributed by atoms with Crippen molar-refractivity contribution >= 4 is 5.97 Å². The van der Waals surface area contributed by atoms with E-state index in [-0.39, 0.29) is 30.7 Å². The Morgan fingerprint density at radius 2 is 1.91 bits per heavy atom. The van der Waals surface area contributed by atoms with Gasteiger partial charge in [0.2, 0.25) is 0 Å². The highest BCUT2D eigenvalue weighted by Crippen LogP contribution is 2.48. The average Bonchev–Trinajstić information content (AvgIpc) is 3.29. The van der Waals surface area contributed by atoms with E-state index in [0.717, 1.165) is 17.6 Å². The minimum atomic E-state index is -1.61. The normalized spacial score (nSPS) is 43.7. The van der Waals surface area contributed by atoms with Gasteiger partial charge in [-0.25, -0.2) is 0 Å². The lowest BCUT2D eigenvalue weighted by atomic mass is 9.70. The molecule has 250 valence electrons. The van der Waals surface area contributed by atoms with Crippen LogP contribution in [0.25, 0.3) is 0 Å². The second-order valence-corrected chi connectivity index (χ2v) is 14.6. The lowest BCUT2D eigenvalue weighted by molar-refractivity contribution is -0.342. The summed E-state index contributed by atoms with van der Waals surface area (Å²) >= 11 is 0. The van der Waals surface area contributed by atoms with Crippen LogP contribution in [0.15, 0.2) is 58.7 Å². The third-order valence-electron chi connectivity index (χ3n) is 10.3. The van der Waals surface area contributed by atoms with Gasteiger partial charge in [0.1, 0.15) is 29.8 Å². The first-order valence-corrected chi connectivity index (χ1v) is 16.8. The fraction of sp³-hybridized carbons (Fsp3) is 0.703. The molecule has 0 aromatic rings. The average molecular weight is 627 g/mol. The van der Waals surface area contributed by atoms with Crippen LogP contribution >= 0.6 is 0 Å². The smallest absolute Gasteiger partial charge is 0.316 e. The quantitative estimate of drug-likeness (QED) is 0.302. The summed E-state index contributed by atoms with van der Waals surface area (Å²) in [7, 11) is 1.59. The number of carbonyl (C=O) groups is 1. The van der Waals surface area contributed by atoms with Crippen molar-refractivity contribution in [3.8, 4) is 0 Å². The van der Waals surface area contributed by atoms with Crippen LogP contribution in [0.3, 0.4) is 0 Å². The highest BCUT2D eigenvalue weighted by Gasteiger charge is 2.60. The van der Waals surface area contributed by atoms with Gasteiger partial charge in [0, 0.05) is 32.3 Å². The molecule has 0 aromatic carbocycles. The highest BCUT2D eigenvalue weighted by atomic mass is 16.7. The molecule has 4 heterocycles. The number of esters is 1. The Balaban J connectivity index is 1.53. The van der Waals surface area contributed by atoms with E-state index < -0.39 is 47.7 Å². The molecule has 5 rings (SSSR count). The van der Waals surface area contributed by atoms with Gasteiger partial charge in [0.25, 0.3) is 0 Å². The predicted octanol–water partition coefficient (Wildman–Crippen LogP) is 5.74. The van der Waals surface area contributed by atoms with Crippen LogP contribution in [0.1, 0.15) is 80.6 Å². The van der Waals surface area contributed by atoms with Gasteiger partial charge < -0.3 is 33.9 Å². The molecular formula is C37H54O8. The Kier molecular flexibility index (Phi) is 10.3. The maximum atomic E-state index is 14.2. The number of ether oxygens (including phenoxy) is 5. The lowest BCUT2D eigenvalue weighted by Gasteiger charge is -2.51. The van der Waals surface area contributed by atoms with Crippen molar-refractivity contribution in [1.29, 1.82) is 0 Å². The summed E-state index contributed by atoms with van der Waals surface area (Å²) < 4.78 is 31.8. The second-order valence-electron chi connectivity index (χ2n) is 14.6. The number of hydrogen-bond donors (Lipinski definition) is 2. The molecule has 0 amide bonds. The van der Waals surface area contributed by atoms with Crippen LogP contribution in [0.4, 0.5) is 0 Å². The molecule has 2 N–H and O–H groups in total. The molecule has 1 spiro atoms. The first kappa shape index (κ1) is 34.3. The number of aliphatic hydroxyl groups excluding tert-OH is 1. The number of allylic oxidation sites excluding steroid dienone is 5. The molecule has 45 heavy (non-hydrogen) atoms. The molecular weight excluding hydrogens is 572 g/mol. The van der Waals surface area contributed by atoms with Crippen LogP contribution in [-0.2, 0) is 28.5 Å². The lowest BCUT2D eigenvalue weighted by Crippen LogP contribution is -2.59. The van der Waals surface area contributed by atoms with E-state index in [4.69, 9.17) is 23.7 Å². The van der Waals surface area contributed by atoms with E-state index in [1.165, 1.54) is 5.57 Å². The fourth-order valence-corrected chi connectivity index (χ4v) is 8.14. The zero-order valence-electron chi connectivity index (χ0n) is 28.3. The number of rotatable bonds is 3. The van der Waals surface area contributed by atoms with Gasteiger partial charge in [-0.2, -0.15) is 0 Å². The molecule has 11 atom stereocenters. The van der Waals surface area contributed by atoms with Crippen LogP contribution in [0, 0.1) is 23.7 Å². The topological polar surface area (TPSA) is 104 Å². The Bertz CT molecular complexity index is 1260. The van der Waals surface area contributed by atoms with Crippen LogP contribution in [0.2, 0.25) is 0 Å². The van der Waals surface area contributed by atoms with Gasteiger partial charge in [0.15, 0.2) is 5.79 Å².